The van der Waals surface area contributed by atoms with Crippen LogP contribution in [0.4, 0.5) is 0 Å². The summed E-state index contributed by atoms with van der Waals surface area (Å²) in [6.07, 6.45) is 4.54. The molecule has 0 radical (unpaired) electrons. The molecule has 0 spiro atoms. The number of carboxylic acids is 2. The highest BCUT2D eigenvalue weighted by molar-refractivity contribution is 5.94. The average Bonchev–Trinajstić information content (AvgIpc) is 3.10. The van der Waals surface area contributed by atoms with Crippen LogP contribution in [0.25, 0.3) is 0 Å². The van der Waals surface area contributed by atoms with Gasteiger partial charge in [-0.3, -0.25) is 5.41 Å². The quantitative estimate of drug-likeness (QED) is 0.777. The van der Waals surface area contributed by atoms with Crippen LogP contribution in [-0.4, -0.2) is 39.4 Å². The minimum atomic E-state index is -1.12. The van der Waals surface area contributed by atoms with Gasteiger partial charge in [-0.2, -0.15) is 0 Å². The standard InChI is InChI=1S/C10H14N2O.C9H8O4/c11-10-5-1-2-6-12(10)8-9-4-3-7-13-9;1-5-2-6(8(10)11)4-7(3-5)9(12)13/h1-2,5-6,9,11H,3-4,7-8H2;2-4H,1H3,(H,10,11)(H,12,13). The first-order chi connectivity index (χ1) is 12.4. The number of rotatable bonds is 4. The van der Waals surface area contributed by atoms with Gasteiger partial charge in [-0.15, -0.1) is 0 Å². The maximum absolute atomic E-state index is 10.5. The summed E-state index contributed by atoms with van der Waals surface area (Å²) in [6, 6.07) is 9.62. The number of benzene rings is 1. The van der Waals surface area contributed by atoms with E-state index >= 15 is 0 Å². The zero-order valence-electron chi connectivity index (χ0n) is 14.5. The van der Waals surface area contributed by atoms with E-state index in [4.69, 9.17) is 20.4 Å². The zero-order chi connectivity index (χ0) is 19.1. The van der Waals surface area contributed by atoms with Crippen molar-refractivity contribution in [2.75, 3.05) is 6.61 Å². The molecule has 0 amide bonds. The van der Waals surface area contributed by atoms with Crippen molar-refractivity contribution in [3.05, 3.63) is 64.8 Å². The molecule has 0 saturated carbocycles. The highest BCUT2D eigenvalue weighted by atomic mass is 16.5. The predicted molar refractivity (Wildman–Crippen MR) is 94.4 cm³/mol. The molecule has 3 N–H and O–H groups in total. The van der Waals surface area contributed by atoms with Gasteiger partial charge in [-0.1, -0.05) is 6.07 Å². The number of pyridine rings is 1. The van der Waals surface area contributed by atoms with Gasteiger partial charge in [0.15, 0.2) is 0 Å². The van der Waals surface area contributed by atoms with Crippen LogP contribution in [0.1, 0.15) is 39.1 Å². The molecule has 0 aliphatic carbocycles. The Balaban J connectivity index is 0.000000187. The van der Waals surface area contributed by atoms with Crippen molar-refractivity contribution in [1.29, 1.82) is 5.41 Å². The van der Waals surface area contributed by atoms with Crippen LogP contribution in [0.2, 0.25) is 0 Å². The summed E-state index contributed by atoms with van der Waals surface area (Å²) in [5.74, 6) is -2.24. The van der Waals surface area contributed by atoms with E-state index in [2.05, 4.69) is 0 Å². The van der Waals surface area contributed by atoms with Gasteiger partial charge in [0.05, 0.1) is 23.8 Å². The number of hydrogen-bond acceptors (Lipinski definition) is 4. The van der Waals surface area contributed by atoms with Crippen LogP contribution in [0.3, 0.4) is 0 Å². The SMILES string of the molecule is Cc1cc(C(=O)O)cc(C(=O)O)c1.N=c1ccccn1CC1CCCO1. The number of nitrogens with one attached hydrogen (secondary N) is 1. The van der Waals surface area contributed by atoms with E-state index in [0.717, 1.165) is 32.1 Å². The van der Waals surface area contributed by atoms with E-state index in [1.807, 2.05) is 22.9 Å². The second-order valence-corrected chi connectivity index (χ2v) is 6.07. The number of ether oxygens (including phenoxy) is 1. The molecule has 1 saturated heterocycles. The first kappa shape index (κ1) is 19.4. The molecule has 0 bridgehead atoms. The van der Waals surface area contributed by atoms with Crippen molar-refractivity contribution in [3.8, 4) is 0 Å². The van der Waals surface area contributed by atoms with Crippen molar-refractivity contribution in [2.24, 2.45) is 0 Å². The molecule has 1 atom stereocenters. The molecule has 2 aromatic rings. The normalized spacial score (nSPS) is 15.8. The first-order valence-corrected chi connectivity index (χ1v) is 8.27. The van der Waals surface area contributed by atoms with Crippen molar-refractivity contribution in [1.82, 2.24) is 4.57 Å². The van der Waals surface area contributed by atoms with Gasteiger partial charge >= 0.3 is 11.9 Å². The molecule has 1 fully saturated rings. The van der Waals surface area contributed by atoms with Crippen LogP contribution in [0, 0.1) is 12.3 Å². The number of aromatic nitrogens is 1. The van der Waals surface area contributed by atoms with Crippen LogP contribution in [0.5, 0.6) is 0 Å². The van der Waals surface area contributed by atoms with Gasteiger partial charge in [0.2, 0.25) is 0 Å². The maximum atomic E-state index is 10.5. The van der Waals surface area contributed by atoms with Crippen LogP contribution in [0.15, 0.2) is 42.6 Å². The Morgan fingerprint density at radius 3 is 2.35 bits per heavy atom. The number of nitrogens with zero attached hydrogens (tertiary/aromatic N) is 1. The monoisotopic (exact) mass is 358 g/mol. The second kappa shape index (κ2) is 8.96. The molecule has 1 aliphatic heterocycles. The smallest absolute Gasteiger partial charge is 0.335 e. The summed E-state index contributed by atoms with van der Waals surface area (Å²) < 4.78 is 7.43. The topological polar surface area (TPSA) is 113 Å². The average molecular weight is 358 g/mol. The van der Waals surface area contributed by atoms with E-state index in [-0.39, 0.29) is 11.1 Å². The molecule has 1 aromatic carbocycles. The lowest BCUT2D eigenvalue weighted by atomic mass is 10.1. The lowest BCUT2D eigenvalue weighted by molar-refractivity contribution is 0.0696. The Hall–Kier alpha value is -2.93. The number of hydrogen-bond donors (Lipinski definition) is 3. The molecule has 2 heterocycles. The summed E-state index contributed by atoms with van der Waals surface area (Å²) in [6.45, 7) is 3.35. The predicted octanol–water partition coefficient (Wildman–Crippen LogP) is 2.54. The van der Waals surface area contributed by atoms with Gasteiger partial charge < -0.3 is 19.5 Å². The van der Waals surface area contributed by atoms with Crippen LogP contribution < -0.4 is 5.49 Å². The maximum Gasteiger partial charge on any atom is 0.335 e. The Morgan fingerprint density at radius 2 is 1.85 bits per heavy atom. The third-order valence-electron chi connectivity index (χ3n) is 3.94. The van der Waals surface area contributed by atoms with E-state index < -0.39 is 11.9 Å². The van der Waals surface area contributed by atoms with Crippen LogP contribution in [-0.2, 0) is 11.3 Å². The first-order valence-electron chi connectivity index (χ1n) is 8.27. The molecule has 1 aliphatic rings. The Kier molecular flexibility index (Phi) is 6.68. The Morgan fingerprint density at radius 1 is 1.19 bits per heavy atom. The minimum absolute atomic E-state index is 0.00241. The van der Waals surface area contributed by atoms with E-state index in [1.165, 1.54) is 12.1 Å². The highest BCUT2D eigenvalue weighted by Crippen LogP contribution is 2.13. The summed E-state index contributed by atoms with van der Waals surface area (Å²) in [4.78, 5) is 21.1. The van der Waals surface area contributed by atoms with Gasteiger partial charge in [-0.25, -0.2) is 9.59 Å². The van der Waals surface area contributed by atoms with E-state index in [9.17, 15) is 9.59 Å². The highest BCUT2D eigenvalue weighted by Gasteiger charge is 2.15. The summed E-state index contributed by atoms with van der Waals surface area (Å²) >= 11 is 0. The Labute approximate surface area is 151 Å². The van der Waals surface area contributed by atoms with E-state index in [0.29, 0.717) is 17.2 Å². The molecular weight excluding hydrogens is 336 g/mol. The number of carboxylic acid groups (broad SMARTS) is 2. The third kappa shape index (κ3) is 5.56. The molecule has 3 rings (SSSR count). The van der Waals surface area contributed by atoms with Crippen molar-refractivity contribution in [2.45, 2.75) is 32.4 Å². The van der Waals surface area contributed by atoms with Crippen molar-refractivity contribution < 1.29 is 24.5 Å². The lowest BCUT2D eigenvalue weighted by Gasteiger charge is -2.11. The largest absolute Gasteiger partial charge is 0.478 e. The molecule has 26 heavy (non-hydrogen) atoms. The Bertz CT molecular complexity index is 806. The lowest BCUT2D eigenvalue weighted by Crippen LogP contribution is -2.24. The molecule has 138 valence electrons. The minimum Gasteiger partial charge on any atom is -0.478 e. The third-order valence-corrected chi connectivity index (χ3v) is 3.94. The number of aryl methyl sites for hydroxylation is 1. The molecular formula is C19H22N2O5. The fourth-order valence-electron chi connectivity index (χ4n) is 2.67. The van der Waals surface area contributed by atoms with Gasteiger partial charge in [-0.05, 0) is 55.7 Å². The van der Waals surface area contributed by atoms with Crippen molar-refractivity contribution >= 4 is 11.9 Å². The fraction of sp³-hybridized carbons (Fsp3) is 0.316. The summed E-state index contributed by atoms with van der Waals surface area (Å²) in [7, 11) is 0. The van der Waals surface area contributed by atoms with Gasteiger partial charge in [0.1, 0.15) is 5.49 Å². The van der Waals surface area contributed by atoms with Gasteiger partial charge in [0, 0.05) is 12.8 Å². The zero-order valence-corrected chi connectivity index (χ0v) is 14.5. The number of carbonyl (C=O) groups is 2. The summed E-state index contributed by atoms with van der Waals surface area (Å²) in [5.41, 5.74) is 1.17. The van der Waals surface area contributed by atoms with Crippen molar-refractivity contribution in [3.63, 3.8) is 0 Å². The molecule has 7 heteroatoms. The molecule has 1 unspecified atom stereocenters. The molecule has 1 aromatic heterocycles. The van der Waals surface area contributed by atoms with Crippen LogP contribution >= 0.6 is 0 Å². The van der Waals surface area contributed by atoms with E-state index in [1.54, 1.807) is 13.0 Å². The molecule has 7 nitrogen and oxygen atoms in total. The number of aromatic carboxylic acids is 2. The second-order valence-electron chi connectivity index (χ2n) is 6.07. The fourth-order valence-corrected chi connectivity index (χ4v) is 2.67. The van der Waals surface area contributed by atoms with Gasteiger partial charge in [0.25, 0.3) is 0 Å². The summed E-state index contributed by atoms with van der Waals surface area (Å²) in [5, 5.41) is 24.9.